The number of nitrogens with zero attached hydrogens (tertiary/aromatic N) is 2. The minimum absolute atomic E-state index is 0.579. The minimum Gasteiger partial charge on any atom is -0.480 e. The maximum Gasteiger partial charge on any atom is 0.237 e. The van der Waals surface area contributed by atoms with Crippen molar-refractivity contribution in [3.63, 3.8) is 0 Å². The van der Waals surface area contributed by atoms with Crippen LogP contribution < -0.4 is 10.1 Å². The fourth-order valence-electron chi connectivity index (χ4n) is 2.82. The number of thiophene rings is 1. The minimum atomic E-state index is 0.579. The number of nitrogens with one attached hydrogen (secondary N) is 1. The molecule has 0 fully saturated rings. The molecule has 0 aromatic carbocycles. The van der Waals surface area contributed by atoms with E-state index in [1.807, 2.05) is 31.3 Å². The van der Waals surface area contributed by atoms with Crippen LogP contribution in [0.1, 0.15) is 26.8 Å². The number of hydrogen-bond acceptors (Lipinski definition) is 6. The third-order valence-electron chi connectivity index (χ3n) is 3.98. The summed E-state index contributed by atoms with van der Waals surface area (Å²) in [7, 11) is 1.63. The third-order valence-corrected chi connectivity index (χ3v) is 4.99. The second-order valence-electron chi connectivity index (χ2n) is 5.77. The lowest BCUT2D eigenvalue weighted by Gasteiger charge is -2.12. The molecule has 3 aromatic heterocycles. The highest BCUT2D eigenvalue weighted by Gasteiger charge is 2.15. The summed E-state index contributed by atoms with van der Waals surface area (Å²) >= 11 is 1.81. The van der Waals surface area contributed by atoms with E-state index >= 15 is 0 Å². The Bertz CT molecular complexity index is 848. The maximum absolute atomic E-state index is 5.39. The summed E-state index contributed by atoms with van der Waals surface area (Å²) in [6.07, 6.45) is 1.79. The fraction of sp³-hybridized carbons (Fsp3) is 0.333. The average Bonchev–Trinajstić information content (AvgIpc) is 3.06. The molecular weight excluding hydrogens is 322 g/mol. The number of aromatic nitrogens is 2. The molecule has 0 bridgehead atoms. The normalized spacial score (nSPS) is 10.9. The molecule has 1 N–H and O–H groups in total. The Kier molecular flexibility index (Phi) is 4.57. The first-order valence-corrected chi connectivity index (χ1v) is 8.58. The predicted molar refractivity (Wildman–Crippen MR) is 96.9 cm³/mol. The molecule has 3 heterocycles. The van der Waals surface area contributed by atoms with Crippen molar-refractivity contribution in [2.24, 2.45) is 0 Å². The zero-order valence-electron chi connectivity index (χ0n) is 14.6. The molecule has 0 saturated heterocycles. The molecule has 3 aromatic rings. The number of ether oxygens (including phenoxy) is 1. The van der Waals surface area contributed by atoms with Gasteiger partial charge in [0.05, 0.1) is 18.5 Å². The van der Waals surface area contributed by atoms with Crippen LogP contribution in [0.15, 0.2) is 22.9 Å². The van der Waals surface area contributed by atoms with Gasteiger partial charge in [0.2, 0.25) is 5.88 Å². The van der Waals surface area contributed by atoms with Crippen molar-refractivity contribution in [1.82, 2.24) is 10.1 Å². The first-order chi connectivity index (χ1) is 11.5. The van der Waals surface area contributed by atoms with Crippen molar-refractivity contribution < 1.29 is 9.26 Å². The maximum atomic E-state index is 5.39. The van der Waals surface area contributed by atoms with E-state index in [4.69, 9.17) is 9.26 Å². The molecule has 0 aliphatic heterocycles. The molecule has 0 aliphatic rings. The van der Waals surface area contributed by atoms with Crippen LogP contribution >= 0.6 is 11.3 Å². The van der Waals surface area contributed by atoms with Gasteiger partial charge < -0.3 is 14.6 Å². The van der Waals surface area contributed by atoms with Gasteiger partial charge in [-0.1, -0.05) is 5.16 Å². The predicted octanol–water partition coefficient (Wildman–Crippen LogP) is 4.65. The molecule has 0 aliphatic carbocycles. The highest BCUT2D eigenvalue weighted by atomic mass is 32.1. The Morgan fingerprint density at radius 2 is 2.00 bits per heavy atom. The SMILES string of the molecule is COc1ncc(-c2c(C)noc2C)cc1NCc1cc(C)sc1C. The third kappa shape index (κ3) is 3.14. The smallest absolute Gasteiger partial charge is 0.237 e. The Hall–Kier alpha value is -2.34. The zero-order chi connectivity index (χ0) is 17.3. The van der Waals surface area contributed by atoms with Crippen molar-refractivity contribution in [2.45, 2.75) is 34.2 Å². The molecule has 0 spiro atoms. The topological polar surface area (TPSA) is 60.2 Å². The van der Waals surface area contributed by atoms with Gasteiger partial charge in [0, 0.05) is 33.6 Å². The Morgan fingerprint density at radius 3 is 2.58 bits per heavy atom. The second-order valence-corrected chi connectivity index (χ2v) is 7.23. The van der Waals surface area contributed by atoms with Crippen LogP contribution in [0.5, 0.6) is 5.88 Å². The first kappa shape index (κ1) is 16.5. The quantitative estimate of drug-likeness (QED) is 0.730. The van der Waals surface area contributed by atoms with E-state index in [1.165, 1.54) is 15.3 Å². The molecule has 6 heteroatoms. The molecule has 0 radical (unpaired) electrons. The lowest BCUT2D eigenvalue weighted by molar-refractivity contribution is 0.393. The summed E-state index contributed by atoms with van der Waals surface area (Å²) in [6.45, 7) is 8.84. The van der Waals surface area contributed by atoms with Gasteiger partial charge in [0.15, 0.2) is 0 Å². The van der Waals surface area contributed by atoms with Crippen LogP contribution in [0.25, 0.3) is 11.1 Å². The molecule has 0 unspecified atom stereocenters. The average molecular weight is 343 g/mol. The first-order valence-electron chi connectivity index (χ1n) is 7.76. The van der Waals surface area contributed by atoms with Crippen LogP contribution in [0.3, 0.4) is 0 Å². The highest BCUT2D eigenvalue weighted by molar-refractivity contribution is 7.12. The van der Waals surface area contributed by atoms with Crippen molar-refractivity contribution >= 4 is 17.0 Å². The van der Waals surface area contributed by atoms with Gasteiger partial charge in [0.25, 0.3) is 0 Å². The van der Waals surface area contributed by atoms with Gasteiger partial charge in [0.1, 0.15) is 5.76 Å². The van der Waals surface area contributed by atoms with E-state index in [0.717, 1.165) is 34.8 Å². The molecule has 0 saturated carbocycles. The highest BCUT2D eigenvalue weighted by Crippen LogP contribution is 2.32. The Morgan fingerprint density at radius 1 is 1.21 bits per heavy atom. The van der Waals surface area contributed by atoms with E-state index in [1.54, 1.807) is 13.3 Å². The molecular formula is C18H21N3O2S. The summed E-state index contributed by atoms with van der Waals surface area (Å²) in [4.78, 5) is 7.07. The second kappa shape index (κ2) is 6.65. The van der Waals surface area contributed by atoms with Crippen LogP contribution in [-0.2, 0) is 6.54 Å². The lowest BCUT2D eigenvalue weighted by atomic mass is 10.1. The van der Waals surface area contributed by atoms with E-state index in [0.29, 0.717) is 5.88 Å². The number of pyridine rings is 1. The summed E-state index contributed by atoms with van der Waals surface area (Å²) in [6, 6.07) is 4.25. The van der Waals surface area contributed by atoms with Gasteiger partial charge in [-0.2, -0.15) is 0 Å². The number of anilines is 1. The van der Waals surface area contributed by atoms with Crippen LogP contribution in [0.4, 0.5) is 5.69 Å². The molecule has 3 rings (SSSR count). The van der Waals surface area contributed by atoms with Gasteiger partial charge in [-0.05, 0) is 45.4 Å². The molecule has 5 nitrogen and oxygen atoms in total. The van der Waals surface area contributed by atoms with Crippen LogP contribution in [-0.4, -0.2) is 17.3 Å². The zero-order valence-corrected chi connectivity index (χ0v) is 15.4. The number of rotatable bonds is 5. The van der Waals surface area contributed by atoms with E-state index in [-0.39, 0.29) is 0 Å². The van der Waals surface area contributed by atoms with E-state index in [9.17, 15) is 0 Å². The van der Waals surface area contributed by atoms with Crippen molar-refractivity contribution in [3.8, 4) is 17.0 Å². The largest absolute Gasteiger partial charge is 0.480 e. The van der Waals surface area contributed by atoms with Crippen LogP contribution in [0.2, 0.25) is 0 Å². The standard InChI is InChI=1S/C18H21N3O2S/c1-10-6-14(13(4)24-10)8-19-16-7-15(9-20-18(16)22-5)17-11(2)21-23-12(17)3/h6-7,9,19H,8H2,1-5H3. The van der Waals surface area contributed by atoms with Gasteiger partial charge in [-0.3, -0.25) is 0 Å². The summed E-state index contributed by atoms with van der Waals surface area (Å²) in [5.74, 6) is 1.37. The number of aryl methyl sites for hydroxylation is 4. The lowest BCUT2D eigenvalue weighted by Crippen LogP contribution is -2.03. The van der Waals surface area contributed by atoms with Crippen molar-refractivity contribution in [2.75, 3.05) is 12.4 Å². The molecule has 24 heavy (non-hydrogen) atoms. The van der Waals surface area contributed by atoms with Gasteiger partial charge >= 0.3 is 0 Å². The molecule has 126 valence electrons. The van der Waals surface area contributed by atoms with Crippen molar-refractivity contribution in [3.05, 3.63) is 45.1 Å². The molecule has 0 amide bonds. The van der Waals surface area contributed by atoms with Gasteiger partial charge in [-0.15, -0.1) is 11.3 Å². The monoisotopic (exact) mass is 343 g/mol. The number of methoxy groups -OCH3 is 1. The van der Waals surface area contributed by atoms with Crippen molar-refractivity contribution in [1.29, 1.82) is 0 Å². The van der Waals surface area contributed by atoms with Crippen LogP contribution in [0, 0.1) is 27.7 Å². The summed E-state index contributed by atoms with van der Waals surface area (Å²) < 4.78 is 10.7. The molecule has 0 atom stereocenters. The summed E-state index contributed by atoms with van der Waals surface area (Å²) in [5.41, 5.74) is 4.96. The van der Waals surface area contributed by atoms with E-state index in [2.05, 4.69) is 35.4 Å². The fourth-order valence-corrected chi connectivity index (χ4v) is 3.77. The summed E-state index contributed by atoms with van der Waals surface area (Å²) in [5, 5.41) is 7.46. The Balaban J connectivity index is 1.91. The van der Waals surface area contributed by atoms with Gasteiger partial charge in [-0.25, -0.2) is 4.98 Å². The van der Waals surface area contributed by atoms with E-state index < -0.39 is 0 Å². The Labute approximate surface area is 145 Å². The number of hydrogen-bond donors (Lipinski definition) is 1.